The molecule has 4 rings (SSSR count). The van der Waals surface area contributed by atoms with Gasteiger partial charge in [-0.05, 0) is 61.0 Å². The van der Waals surface area contributed by atoms with Gasteiger partial charge in [0, 0.05) is 54.5 Å². The van der Waals surface area contributed by atoms with Gasteiger partial charge in [-0.15, -0.1) is 11.8 Å². The molecule has 1 amide bonds. The molecule has 2 aromatic carbocycles. The zero-order chi connectivity index (χ0) is 27.0. The van der Waals surface area contributed by atoms with Gasteiger partial charge in [0.2, 0.25) is 15.9 Å². The predicted molar refractivity (Wildman–Crippen MR) is 145 cm³/mol. The summed E-state index contributed by atoms with van der Waals surface area (Å²) in [5, 5.41) is 8.76. The van der Waals surface area contributed by atoms with Gasteiger partial charge in [0.25, 0.3) is 0 Å². The Hall–Kier alpha value is -3.09. The zero-order valence-corrected chi connectivity index (χ0v) is 22.2. The Morgan fingerprint density at radius 1 is 1.14 bits per heavy atom. The molecule has 1 fully saturated rings. The molecule has 37 heavy (non-hydrogen) atoms. The van der Waals surface area contributed by atoms with E-state index in [2.05, 4.69) is 14.5 Å². The monoisotopic (exact) mass is 550 g/mol. The van der Waals surface area contributed by atoms with Crippen LogP contribution in [0.5, 0.6) is 0 Å². The molecule has 0 saturated carbocycles. The normalized spacial score (nSPS) is 15.6. The van der Waals surface area contributed by atoms with Gasteiger partial charge in [-0.25, -0.2) is 17.6 Å². The van der Waals surface area contributed by atoms with Gasteiger partial charge in [-0.1, -0.05) is 6.07 Å². The molecule has 0 radical (unpaired) electrons. The summed E-state index contributed by atoms with van der Waals surface area (Å²) in [7, 11) is -3.27. The lowest BCUT2D eigenvalue weighted by atomic mass is 10.1. The fourth-order valence-electron chi connectivity index (χ4n) is 3.96. The predicted octanol–water partition coefficient (Wildman–Crippen LogP) is 2.85. The quantitative estimate of drug-likeness (QED) is 0.457. The third-order valence-electron chi connectivity index (χ3n) is 5.74. The number of nitrogens with zero attached hydrogens (tertiary/aromatic N) is 2. The standard InChI is InChI=1S/C15H24N4O3S.C10H7FO2S/c1-23(21,22)17-13-4-2-5-14(12-13)19-10-8-18(9-11-19)7-3-6-15(16)20;11-8-1-2-9-6(4-8)3-7(5-14-9)10(12)13/h2,4-5,12,17H,3,6-11H2,1H3,(H2,16,20);1-4H,5H2,(H,12,13). The number of primary amides is 1. The number of carboxylic acids is 1. The highest BCUT2D eigenvalue weighted by molar-refractivity contribution is 7.99. The van der Waals surface area contributed by atoms with Crippen LogP contribution in [0, 0.1) is 5.82 Å². The van der Waals surface area contributed by atoms with Crippen LogP contribution in [0.15, 0.2) is 52.9 Å². The molecule has 0 spiro atoms. The van der Waals surface area contributed by atoms with Crippen molar-refractivity contribution in [3.8, 4) is 0 Å². The second kappa shape index (κ2) is 12.9. The van der Waals surface area contributed by atoms with E-state index in [9.17, 15) is 22.4 Å². The van der Waals surface area contributed by atoms with Gasteiger partial charge in [-0.3, -0.25) is 14.4 Å². The molecule has 2 aliphatic heterocycles. The smallest absolute Gasteiger partial charge is 0.332 e. The number of hydrogen-bond acceptors (Lipinski definition) is 7. The third-order valence-corrected chi connectivity index (χ3v) is 7.49. The van der Waals surface area contributed by atoms with Crippen molar-refractivity contribution in [2.24, 2.45) is 5.73 Å². The van der Waals surface area contributed by atoms with E-state index in [1.807, 2.05) is 18.2 Å². The summed E-state index contributed by atoms with van der Waals surface area (Å²) in [6.45, 7) is 4.47. The maximum atomic E-state index is 12.8. The van der Waals surface area contributed by atoms with E-state index in [4.69, 9.17) is 10.8 Å². The van der Waals surface area contributed by atoms with Crippen molar-refractivity contribution in [2.75, 3.05) is 54.4 Å². The Morgan fingerprint density at radius 3 is 2.51 bits per heavy atom. The lowest BCUT2D eigenvalue weighted by Crippen LogP contribution is -2.46. The summed E-state index contributed by atoms with van der Waals surface area (Å²) < 4.78 is 38.0. The van der Waals surface area contributed by atoms with Crippen LogP contribution in [0.4, 0.5) is 15.8 Å². The zero-order valence-electron chi connectivity index (χ0n) is 20.5. The average molecular weight is 551 g/mol. The molecule has 1 saturated heterocycles. The van der Waals surface area contributed by atoms with E-state index < -0.39 is 16.0 Å². The average Bonchev–Trinajstić information content (AvgIpc) is 2.83. The minimum Gasteiger partial charge on any atom is -0.478 e. The number of thioether (sulfide) groups is 1. The molecule has 2 heterocycles. The van der Waals surface area contributed by atoms with Crippen molar-refractivity contribution in [3.63, 3.8) is 0 Å². The van der Waals surface area contributed by atoms with Crippen molar-refractivity contribution >= 4 is 51.1 Å². The minimum absolute atomic E-state index is 0.251. The fourth-order valence-corrected chi connectivity index (χ4v) is 5.48. The van der Waals surface area contributed by atoms with Crippen molar-refractivity contribution < 1.29 is 27.5 Å². The Bertz CT molecular complexity index is 1260. The first-order valence-corrected chi connectivity index (χ1v) is 14.6. The lowest BCUT2D eigenvalue weighted by molar-refractivity contribution is -0.132. The maximum absolute atomic E-state index is 12.8. The van der Waals surface area contributed by atoms with Crippen LogP contribution in [0.25, 0.3) is 6.08 Å². The summed E-state index contributed by atoms with van der Waals surface area (Å²) in [5.41, 5.74) is 7.70. The van der Waals surface area contributed by atoms with E-state index in [1.54, 1.807) is 12.1 Å². The lowest BCUT2D eigenvalue weighted by Gasteiger charge is -2.36. The SMILES string of the molecule is CS(=O)(=O)Nc1cccc(N2CCN(CCCC(N)=O)CC2)c1.O=C(O)C1=Cc2cc(F)ccc2SC1. The van der Waals surface area contributed by atoms with Crippen LogP contribution in [-0.4, -0.2) is 75.0 Å². The summed E-state index contributed by atoms with van der Waals surface area (Å²) in [6, 6.07) is 11.8. The molecule has 2 aliphatic rings. The highest BCUT2D eigenvalue weighted by Crippen LogP contribution is 2.32. The van der Waals surface area contributed by atoms with Gasteiger partial charge in [0.1, 0.15) is 5.82 Å². The molecular weight excluding hydrogens is 519 g/mol. The number of rotatable bonds is 8. The van der Waals surface area contributed by atoms with E-state index in [-0.39, 0.29) is 11.7 Å². The number of piperazine rings is 1. The molecule has 0 unspecified atom stereocenters. The fraction of sp³-hybridized carbons (Fsp3) is 0.360. The Balaban J connectivity index is 0.000000231. The number of fused-ring (bicyclic) bond motifs is 1. The van der Waals surface area contributed by atoms with Crippen LogP contribution >= 0.6 is 11.8 Å². The number of carbonyl (C=O) groups excluding carboxylic acids is 1. The van der Waals surface area contributed by atoms with Crippen LogP contribution in [0.3, 0.4) is 0 Å². The highest BCUT2D eigenvalue weighted by Gasteiger charge is 2.18. The molecule has 2 aromatic rings. The molecule has 0 aromatic heterocycles. The first kappa shape index (κ1) is 28.5. The van der Waals surface area contributed by atoms with E-state index >= 15 is 0 Å². The summed E-state index contributed by atoms with van der Waals surface area (Å²) in [5.74, 6) is -1.09. The van der Waals surface area contributed by atoms with Gasteiger partial charge in [0.05, 0.1) is 11.9 Å². The number of nitrogens with one attached hydrogen (secondary N) is 1. The molecule has 0 aliphatic carbocycles. The van der Waals surface area contributed by atoms with Crippen molar-refractivity contribution in [3.05, 3.63) is 59.4 Å². The Labute approximate surface area is 220 Å². The number of nitrogens with two attached hydrogens (primary N) is 1. The Kier molecular flexibility index (Phi) is 9.95. The topological polar surface area (TPSA) is 133 Å². The summed E-state index contributed by atoms with van der Waals surface area (Å²) in [6.07, 6.45) is 3.89. The second-order valence-corrected chi connectivity index (χ2v) is 11.5. The number of benzene rings is 2. The van der Waals surface area contributed by atoms with Crippen LogP contribution in [0.1, 0.15) is 18.4 Å². The second-order valence-electron chi connectivity index (χ2n) is 8.77. The number of aliphatic carboxylic acids is 1. The molecule has 4 N–H and O–H groups in total. The summed E-state index contributed by atoms with van der Waals surface area (Å²) in [4.78, 5) is 26.9. The third kappa shape index (κ3) is 9.38. The minimum atomic E-state index is -3.27. The number of hydrogen-bond donors (Lipinski definition) is 3. The number of halogens is 1. The first-order chi connectivity index (χ1) is 17.5. The van der Waals surface area contributed by atoms with E-state index in [1.165, 1.54) is 30.0 Å². The first-order valence-electron chi connectivity index (χ1n) is 11.7. The van der Waals surface area contributed by atoms with Gasteiger partial charge >= 0.3 is 5.97 Å². The van der Waals surface area contributed by atoms with Crippen molar-refractivity contribution in [1.29, 1.82) is 0 Å². The number of amides is 1. The molecule has 9 nitrogen and oxygen atoms in total. The van der Waals surface area contributed by atoms with Gasteiger partial charge < -0.3 is 15.7 Å². The molecule has 12 heteroatoms. The summed E-state index contributed by atoms with van der Waals surface area (Å²) >= 11 is 1.42. The van der Waals surface area contributed by atoms with Crippen LogP contribution in [0.2, 0.25) is 0 Å². The van der Waals surface area contributed by atoms with Crippen LogP contribution < -0.4 is 15.4 Å². The molecule has 0 bridgehead atoms. The number of sulfonamides is 1. The van der Waals surface area contributed by atoms with Crippen molar-refractivity contribution in [1.82, 2.24) is 4.90 Å². The molecular formula is C25H31FN4O5S2. The largest absolute Gasteiger partial charge is 0.478 e. The van der Waals surface area contributed by atoms with E-state index in [0.29, 0.717) is 29.0 Å². The number of carbonyl (C=O) groups is 2. The number of anilines is 2. The Morgan fingerprint density at radius 2 is 1.86 bits per heavy atom. The van der Waals surface area contributed by atoms with Crippen LogP contribution in [-0.2, 0) is 19.6 Å². The van der Waals surface area contributed by atoms with Gasteiger partial charge in [-0.2, -0.15) is 0 Å². The number of carboxylic acid groups (broad SMARTS) is 1. The van der Waals surface area contributed by atoms with Gasteiger partial charge in [0.15, 0.2) is 0 Å². The maximum Gasteiger partial charge on any atom is 0.332 e. The van der Waals surface area contributed by atoms with Crippen molar-refractivity contribution in [2.45, 2.75) is 17.7 Å². The van der Waals surface area contributed by atoms with E-state index in [0.717, 1.165) is 56.0 Å². The molecule has 200 valence electrons. The molecule has 0 atom stereocenters. The highest BCUT2D eigenvalue weighted by atomic mass is 32.2.